The number of hydrogen-bond acceptors (Lipinski definition) is 7. The Morgan fingerprint density at radius 2 is 1.84 bits per heavy atom. The van der Waals surface area contributed by atoms with Crippen molar-refractivity contribution in [3.8, 4) is 11.5 Å². The second kappa shape index (κ2) is 10.6. The minimum absolute atomic E-state index is 0.0101. The number of para-hydroxylation sites is 1. The molecule has 0 unspecified atom stereocenters. The van der Waals surface area contributed by atoms with Gasteiger partial charge in [0.1, 0.15) is 25.1 Å². The lowest BCUT2D eigenvalue weighted by atomic mass is 9.99. The Morgan fingerprint density at radius 3 is 2.70 bits per heavy atom. The van der Waals surface area contributed by atoms with Gasteiger partial charge in [-0.3, -0.25) is 4.79 Å². The molecule has 3 aliphatic rings. The van der Waals surface area contributed by atoms with Crippen molar-refractivity contribution < 1.29 is 19.4 Å². The zero-order valence-corrected chi connectivity index (χ0v) is 21.0. The van der Waals surface area contributed by atoms with Gasteiger partial charge in [0.2, 0.25) is 5.91 Å². The Hall–Kier alpha value is -3.36. The third kappa shape index (κ3) is 5.22. The van der Waals surface area contributed by atoms with E-state index in [0.29, 0.717) is 37.8 Å². The number of hydrogen-bond donors (Lipinski definition) is 2. The summed E-state index contributed by atoms with van der Waals surface area (Å²) in [7, 11) is 0. The van der Waals surface area contributed by atoms with Crippen molar-refractivity contribution in [1.82, 2.24) is 15.2 Å². The number of carbonyl (C=O) groups excluding carboxylic acids is 1. The highest BCUT2D eigenvalue weighted by Gasteiger charge is 2.33. The molecule has 2 N–H and O–H groups in total. The number of ether oxygens (including phenoxy) is 2. The number of pyridine rings is 1. The molecule has 6 rings (SSSR count). The van der Waals surface area contributed by atoms with Crippen molar-refractivity contribution in [1.29, 1.82) is 0 Å². The normalized spacial score (nSPS) is 21.2. The van der Waals surface area contributed by atoms with E-state index in [-0.39, 0.29) is 11.8 Å². The highest BCUT2D eigenvalue weighted by Crippen LogP contribution is 2.34. The van der Waals surface area contributed by atoms with Crippen LogP contribution in [0.4, 0.5) is 5.82 Å². The number of benzene rings is 2. The lowest BCUT2D eigenvalue weighted by Gasteiger charge is -2.30. The molecule has 0 bridgehead atoms. The summed E-state index contributed by atoms with van der Waals surface area (Å²) in [6.07, 6.45) is 2.21. The molecule has 2 saturated heterocycles. The number of rotatable bonds is 7. The molecule has 3 aromatic rings. The molecule has 4 heterocycles. The maximum absolute atomic E-state index is 13.5. The number of aromatic nitrogens is 1. The molecule has 0 spiro atoms. The highest BCUT2D eigenvalue weighted by atomic mass is 16.6. The summed E-state index contributed by atoms with van der Waals surface area (Å²) < 4.78 is 11.4. The van der Waals surface area contributed by atoms with Gasteiger partial charge in [0, 0.05) is 25.0 Å². The van der Waals surface area contributed by atoms with Gasteiger partial charge in [-0.2, -0.15) is 0 Å². The van der Waals surface area contributed by atoms with Crippen LogP contribution in [-0.2, 0) is 4.79 Å². The van der Waals surface area contributed by atoms with Gasteiger partial charge in [-0.25, -0.2) is 4.98 Å². The largest absolute Gasteiger partial charge is 0.486 e. The maximum atomic E-state index is 13.5. The third-order valence-electron chi connectivity index (χ3n) is 7.74. The van der Waals surface area contributed by atoms with Crippen LogP contribution in [0.15, 0.2) is 54.6 Å². The maximum Gasteiger partial charge on any atom is 0.225 e. The van der Waals surface area contributed by atoms with Crippen LogP contribution < -0.4 is 19.7 Å². The number of likely N-dealkylation sites (tertiary alicyclic amines) is 1. The SMILES string of the molecule is O=C(N[C@H](CN1CCCC1)[C@H](O)c1ccc2c(c1)OCCO2)[C@H]1CCN(c2ccc3ccccc3n2)C1. The van der Waals surface area contributed by atoms with Gasteiger partial charge < -0.3 is 29.7 Å². The topological polar surface area (TPSA) is 87.2 Å². The van der Waals surface area contributed by atoms with Crippen molar-refractivity contribution in [2.75, 3.05) is 50.8 Å². The number of amides is 1. The Morgan fingerprint density at radius 1 is 1.03 bits per heavy atom. The van der Waals surface area contributed by atoms with Crippen LogP contribution in [0.25, 0.3) is 10.9 Å². The third-order valence-corrected chi connectivity index (χ3v) is 7.74. The van der Waals surface area contributed by atoms with Crippen LogP contribution in [0.2, 0.25) is 0 Å². The number of nitrogens with zero attached hydrogens (tertiary/aromatic N) is 3. The summed E-state index contributed by atoms with van der Waals surface area (Å²) in [5.41, 5.74) is 1.68. The Kier molecular flexibility index (Phi) is 6.85. The highest BCUT2D eigenvalue weighted by molar-refractivity contribution is 5.82. The smallest absolute Gasteiger partial charge is 0.225 e. The van der Waals surface area contributed by atoms with Gasteiger partial charge in [0.05, 0.1) is 17.5 Å². The number of carbonyl (C=O) groups is 1. The van der Waals surface area contributed by atoms with Crippen molar-refractivity contribution in [2.45, 2.75) is 31.4 Å². The van der Waals surface area contributed by atoms with E-state index in [2.05, 4.69) is 27.2 Å². The van der Waals surface area contributed by atoms with Gasteiger partial charge in [-0.05, 0) is 68.2 Å². The quantitative estimate of drug-likeness (QED) is 0.513. The minimum Gasteiger partial charge on any atom is -0.486 e. The van der Waals surface area contributed by atoms with Gasteiger partial charge in [-0.1, -0.05) is 24.3 Å². The molecule has 0 aliphatic carbocycles. The second-order valence-corrected chi connectivity index (χ2v) is 10.3. The van der Waals surface area contributed by atoms with E-state index in [4.69, 9.17) is 14.5 Å². The Bertz CT molecular complexity index is 1260. The first-order valence-electron chi connectivity index (χ1n) is 13.4. The zero-order chi connectivity index (χ0) is 25.2. The van der Waals surface area contributed by atoms with Crippen molar-refractivity contribution in [2.24, 2.45) is 5.92 Å². The summed E-state index contributed by atoms with van der Waals surface area (Å²) in [6.45, 7) is 5.01. The van der Waals surface area contributed by atoms with Crippen LogP contribution in [-0.4, -0.2) is 72.9 Å². The lowest BCUT2D eigenvalue weighted by molar-refractivity contribution is -0.126. The van der Waals surface area contributed by atoms with E-state index < -0.39 is 12.1 Å². The molecule has 37 heavy (non-hydrogen) atoms. The molecule has 2 fully saturated rings. The first kappa shape index (κ1) is 24.0. The van der Waals surface area contributed by atoms with Crippen molar-refractivity contribution in [3.05, 3.63) is 60.2 Å². The molecular weight excluding hydrogens is 468 g/mol. The van der Waals surface area contributed by atoms with Crippen LogP contribution in [0.5, 0.6) is 11.5 Å². The summed E-state index contributed by atoms with van der Waals surface area (Å²) in [5.74, 6) is 2.07. The van der Waals surface area contributed by atoms with E-state index in [0.717, 1.165) is 61.2 Å². The molecule has 1 aromatic heterocycles. The van der Waals surface area contributed by atoms with Gasteiger partial charge in [0.15, 0.2) is 11.5 Å². The molecule has 2 aromatic carbocycles. The molecule has 3 atom stereocenters. The van der Waals surface area contributed by atoms with Crippen molar-refractivity contribution in [3.63, 3.8) is 0 Å². The van der Waals surface area contributed by atoms with Crippen LogP contribution in [0, 0.1) is 5.92 Å². The van der Waals surface area contributed by atoms with Gasteiger partial charge in [-0.15, -0.1) is 0 Å². The first-order chi connectivity index (χ1) is 18.1. The summed E-state index contributed by atoms with van der Waals surface area (Å²) >= 11 is 0. The number of nitrogens with one attached hydrogen (secondary N) is 1. The van der Waals surface area contributed by atoms with Crippen molar-refractivity contribution >= 4 is 22.6 Å². The van der Waals surface area contributed by atoms with Gasteiger partial charge in [0.25, 0.3) is 0 Å². The zero-order valence-electron chi connectivity index (χ0n) is 21.0. The average Bonchev–Trinajstić information content (AvgIpc) is 3.64. The van der Waals surface area contributed by atoms with E-state index >= 15 is 0 Å². The van der Waals surface area contributed by atoms with E-state index in [1.54, 1.807) is 0 Å². The monoisotopic (exact) mass is 502 g/mol. The summed E-state index contributed by atoms with van der Waals surface area (Å²) in [5, 5.41) is 15.7. The minimum atomic E-state index is -0.847. The fourth-order valence-corrected chi connectivity index (χ4v) is 5.66. The molecule has 8 nitrogen and oxygen atoms in total. The fraction of sp³-hybridized carbons (Fsp3) is 0.448. The van der Waals surface area contributed by atoms with E-state index in [9.17, 15) is 9.90 Å². The molecule has 1 amide bonds. The molecule has 0 saturated carbocycles. The number of aliphatic hydroxyl groups is 1. The molecule has 0 radical (unpaired) electrons. The predicted octanol–water partition coefficient (Wildman–Crippen LogP) is 3.15. The van der Waals surface area contributed by atoms with E-state index in [1.807, 2.05) is 42.5 Å². The molecule has 3 aliphatic heterocycles. The van der Waals surface area contributed by atoms with Crippen LogP contribution in [0.3, 0.4) is 0 Å². The van der Waals surface area contributed by atoms with Crippen LogP contribution in [0.1, 0.15) is 30.9 Å². The first-order valence-corrected chi connectivity index (χ1v) is 13.4. The predicted molar refractivity (Wildman–Crippen MR) is 142 cm³/mol. The number of anilines is 1. The number of aliphatic hydroxyl groups excluding tert-OH is 1. The summed E-state index contributed by atoms with van der Waals surface area (Å²) in [4.78, 5) is 22.8. The molecule has 8 heteroatoms. The van der Waals surface area contributed by atoms with Gasteiger partial charge >= 0.3 is 0 Å². The molecule has 194 valence electrons. The Balaban J connectivity index is 1.15. The Labute approximate surface area is 217 Å². The average molecular weight is 503 g/mol. The van der Waals surface area contributed by atoms with Crippen LogP contribution >= 0.6 is 0 Å². The summed E-state index contributed by atoms with van der Waals surface area (Å²) in [6, 6.07) is 17.3. The standard InChI is InChI=1S/C29H34N4O4/c34-28(21-7-9-25-26(17-21)37-16-15-36-25)24(19-32-12-3-4-13-32)31-29(35)22-11-14-33(18-22)27-10-8-20-5-1-2-6-23(20)30-27/h1-2,5-10,17,22,24,28,34H,3-4,11-16,18-19H2,(H,31,35)/t22-,24+,28+/m0/s1. The lowest BCUT2D eigenvalue weighted by Crippen LogP contribution is -2.48. The fourth-order valence-electron chi connectivity index (χ4n) is 5.66. The molecular formula is C29H34N4O4. The second-order valence-electron chi connectivity index (χ2n) is 10.3. The number of fused-ring (bicyclic) bond motifs is 2. The van der Waals surface area contributed by atoms with E-state index in [1.165, 1.54) is 0 Å².